The Bertz CT molecular complexity index is 758. The molecule has 4 heteroatoms. The van der Waals surface area contributed by atoms with Gasteiger partial charge in [0.25, 0.3) is 5.91 Å². The summed E-state index contributed by atoms with van der Waals surface area (Å²) in [7, 11) is 0. The number of benzene rings is 1. The molecular weight excluding hydrogens is 276 g/mol. The van der Waals surface area contributed by atoms with Gasteiger partial charge < -0.3 is 15.4 Å². The van der Waals surface area contributed by atoms with Crippen LogP contribution in [-0.4, -0.2) is 22.5 Å². The van der Waals surface area contributed by atoms with Gasteiger partial charge in [-0.05, 0) is 48.4 Å². The summed E-state index contributed by atoms with van der Waals surface area (Å²) in [4.78, 5) is 15.1. The number of aromatic nitrogens is 1. The molecule has 2 rings (SSSR count). The Kier molecular flexibility index (Phi) is 5.60. The normalized spacial score (nSPS) is 13.0. The Labute approximate surface area is 129 Å². The summed E-state index contributed by atoms with van der Waals surface area (Å²) < 4.78 is 0. The third-order valence-corrected chi connectivity index (χ3v) is 3.39. The van der Waals surface area contributed by atoms with Crippen molar-refractivity contribution in [1.82, 2.24) is 10.3 Å². The molecule has 0 atom stereocenters. The minimum Gasteiger partial charge on any atom is -0.516 e. The predicted octanol–water partition coefficient (Wildman–Crippen LogP) is 1.64. The molecule has 1 heterocycles. The minimum atomic E-state index is -0.0619. The Morgan fingerprint density at radius 2 is 2.09 bits per heavy atom. The van der Waals surface area contributed by atoms with Crippen LogP contribution in [-0.2, 0) is 6.42 Å². The van der Waals surface area contributed by atoms with Gasteiger partial charge in [-0.15, -0.1) is 0 Å². The molecule has 2 aromatic rings. The molecule has 1 amide bonds. The van der Waals surface area contributed by atoms with Crippen molar-refractivity contribution in [2.75, 3.05) is 6.54 Å². The van der Waals surface area contributed by atoms with Gasteiger partial charge in [0, 0.05) is 23.7 Å². The average Bonchev–Trinajstić information content (AvgIpc) is 2.95. The topological polar surface area (TPSA) is 65.1 Å². The molecule has 0 aliphatic carbocycles. The van der Waals surface area contributed by atoms with E-state index in [9.17, 15) is 4.79 Å². The van der Waals surface area contributed by atoms with Crippen LogP contribution < -0.4 is 15.9 Å². The van der Waals surface area contributed by atoms with Gasteiger partial charge in [0.15, 0.2) is 0 Å². The molecule has 0 bridgehead atoms. The first-order valence-corrected chi connectivity index (χ1v) is 7.23. The Morgan fingerprint density at radius 3 is 2.77 bits per heavy atom. The molecule has 0 unspecified atom stereocenters. The van der Waals surface area contributed by atoms with Crippen LogP contribution in [0.1, 0.15) is 22.8 Å². The van der Waals surface area contributed by atoms with E-state index in [4.69, 9.17) is 5.11 Å². The molecule has 0 fully saturated rings. The van der Waals surface area contributed by atoms with E-state index in [0.717, 1.165) is 28.8 Å². The van der Waals surface area contributed by atoms with Gasteiger partial charge in [-0.3, -0.25) is 4.79 Å². The SMILES string of the molecule is C/C=c1/c(CCNC(=O)c2ccccc2)c[nH]/c1=C/C=C/O. The molecule has 0 radical (unpaired) electrons. The molecular formula is C18H20N2O2. The summed E-state index contributed by atoms with van der Waals surface area (Å²) in [5.74, 6) is -0.0619. The number of nitrogens with one attached hydrogen (secondary N) is 2. The van der Waals surface area contributed by atoms with Gasteiger partial charge in [-0.2, -0.15) is 0 Å². The standard InChI is InChI=1S/C18H20N2O2/c1-2-16-15(13-20-17(16)9-6-12-21)10-11-19-18(22)14-7-4-3-5-8-14/h2-9,12-13,20-21H,10-11H2,1H3,(H,19,22)/b12-6+,16-2-,17-9+. The summed E-state index contributed by atoms with van der Waals surface area (Å²) in [6, 6.07) is 9.18. The minimum absolute atomic E-state index is 0.0619. The fourth-order valence-corrected chi connectivity index (χ4v) is 2.32. The molecule has 3 N–H and O–H groups in total. The van der Waals surface area contributed by atoms with Crippen molar-refractivity contribution in [2.45, 2.75) is 13.3 Å². The van der Waals surface area contributed by atoms with Crippen LogP contribution in [0.3, 0.4) is 0 Å². The molecule has 1 aromatic heterocycles. The third kappa shape index (κ3) is 3.88. The smallest absolute Gasteiger partial charge is 0.251 e. The molecule has 0 saturated heterocycles. The van der Waals surface area contributed by atoms with Crippen molar-refractivity contribution in [3.8, 4) is 0 Å². The average molecular weight is 296 g/mol. The summed E-state index contributed by atoms with van der Waals surface area (Å²) in [5, 5.41) is 13.7. The largest absolute Gasteiger partial charge is 0.516 e. The number of amides is 1. The number of hydrogen-bond acceptors (Lipinski definition) is 2. The molecule has 22 heavy (non-hydrogen) atoms. The highest BCUT2D eigenvalue weighted by molar-refractivity contribution is 5.94. The number of H-pyrrole nitrogens is 1. The molecule has 114 valence electrons. The van der Waals surface area contributed by atoms with E-state index < -0.39 is 0 Å². The number of carbonyl (C=O) groups is 1. The zero-order chi connectivity index (χ0) is 15.8. The Morgan fingerprint density at radius 1 is 1.32 bits per heavy atom. The summed E-state index contributed by atoms with van der Waals surface area (Å²) in [5.41, 5.74) is 1.80. The molecule has 0 spiro atoms. The van der Waals surface area contributed by atoms with E-state index in [1.807, 2.05) is 37.4 Å². The monoisotopic (exact) mass is 296 g/mol. The molecule has 4 nitrogen and oxygen atoms in total. The zero-order valence-corrected chi connectivity index (χ0v) is 12.5. The van der Waals surface area contributed by atoms with E-state index in [-0.39, 0.29) is 5.91 Å². The van der Waals surface area contributed by atoms with Crippen molar-refractivity contribution >= 4 is 18.1 Å². The predicted molar refractivity (Wildman–Crippen MR) is 88.9 cm³/mol. The van der Waals surface area contributed by atoms with Crippen molar-refractivity contribution in [1.29, 1.82) is 0 Å². The van der Waals surface area contributed by atoms with Crippen LogP contribution in [0.2, 0.25) is 0 Å². The fraction of sp³-hybridized carbons (Fsp3) is 0.167. The number of hydrogen-bond donors (Lipinski definition) is 3. The number of rotatable bonds is 5. The Hall–Kier alpha value is -2.75. The van der Waals surface area contributed by atoms with Gasteiger partial charge in [-0.1, -0.05) is 24.3 Å². The Balaban J connectivity index is 2.01. The lowest BCUT2D eigenvalue weighted by atomic mass is 10.1. The number of aliphatic hydroxyl groups excluding tert-OH is 1. The lowest BCUT2D eigenvalue weighted by Gasteiger charge is -2.04. The van der Waals surface area contributed by atoms with E-state index in [0.29, 0.717) is 12.1 Å². The fourth-order valence-electron chi connectivity index (χ4n) is 2.32. The van der Waals surface area contributed by atoms with Gasteiger partial charge >= 0.3 is 0 Å². The van der Waals surface area contributed by atoms with E-state index in [1.54, 1.807) is 24.3 Å². The number of carbonyl (C=O) groups excluding carboxylic acids is 1. The van der Waals surface area contributed by atoms with Crippen LogP contribution in [0.25, 0.3) is 12.2 Å². The molecule has 0 saturated carbocycles. The highest BCUT2D eigenvalue weighted by Gasteiger charge is 2.04. The second-order valence-electron chi connectivity index (χ2n) is 4.81. The summed E-state index contributed by atoms with van der Waals surface area (Å²) >= 11 is 0. The van der Waals surface area contributed by atoms with E-state index in [2.05, 4.69) is 10.3 Å². The van der Waals surface area contributed by atoms with Crippen molar-refractivity contribution < 1.29 is 9.90 Å². The van der Waals surface area contributed by atoms with Gasteiger partial charge in [0.1, 0.15) is 0 Å². The van der Waals surface area contributed by atoms with Crippen LogP contribution in [0, 0.1) is 0 Å². The molecule has 0 aliphatic heterocycles. The van der Waals surface area contributed by atoms with E-state index >= 15 is 0 Å². The number of allylic oxidation sites excluding steroid dienone is 1. The lowest BCUT2D eigenvalue weighted by molar-refractivity contribution is 0.0954. The van der Waals surface area contributed by atoms with Crippen molar-refractivity contribution in [2.24, 2.45) is 0 Å². The highest BCUT2D eigenvalue weighted by Crippen LogP contribution is 1.98. The van der Waals surface area contributed by atoms with Gasteiger partial charge in [-0.25, -0.2) is 0 Å². The maximum absolute atomic E-state index is 12.0. The van der Waals surface area contributed by atoms with Gasteiger partial charge in [0.2, 0.25) is 0 Å². The first kappa shape index (κ1) is 15.6. The lowest BCUT2D eigenvalue weighted by Crippen LogP contribution is -2.29. The number of aliphatic hydroxyl groups is 1. The molecule has 1 aromatic carbocycles. The quantitative estimate of drug-likeness (QED) is 0.734. The van der Waals surface area contributed by atoms with Crippen LogP contribution in [0.4, 0.5) is 0 Å². The van der Waals surface area contributed by atoms with Crippen LogP contribution in [0.15, 0.2) is 48.9 Å². The summed E-state index contributed by atoms with van der Waals surface area (Å²) in [6.45, 7) is 2.54. The third-order valence-electron chi connectivity index (χ3n) is 3.39. The maximum Gasteiger partial charge on any atom is 0.251 e. The first-order chi connectivity index (χ1) is 10.8. The maximum atomic E-state index is 12.0. The van der Waals surface area contributed by atoms with E-state index in [1.165, 1.54) is 0 Å². The number of aromatic amines is 1. The van der Waals surface area contributed by atoms with Crippen molar-refractivity contribution in [3.63, 3.8) is 0 Å². The van der Waals surface area contributed by atoms with Gasteiger partial charge in [0.05, 0.1) is 6.26 Å². The van der Waals surface area contributed by atoms with Crippen LogP contribution in [0.5, 0.6) is 0 Å². The molecule has 0 aliphatic rings. The van der Waals surface area contributed by atoms with Crippen LogP contribution >= 0.6 is 0 Å². The van der Waals surface area contributed by atoms with Crippen molar-refractivity contribution in [3.05, 3.63) is 70.6 Å². The highest BCUT2D eigenvalue weighted by atomic mass is 16.2. The summed E-state index contributed by atoms with van der Waals surface area (Å²) in [6.07, 6.45) is 9.07. The second kappa shape index (κ2) is 7.88. The zero-order valence-electron chi connectivity index (χ0n) is 12.5. The first-order valence-electron chi connectivity index (χ1n) is 7.23. The second-order valence-corrected chi connectivity index (χ2v) is 4.81.